The smallest absolute Gasteiger partial charge is 0.0587 e. The summed E-state index contributed by atoms with van der Waals surface area (Å²) in [5.74, 6) is 0.854. The number of hydrogen-bond donors (Lipinski definition) is 1. The second-order valence-electron chi connectivity index (χ2n) is 3.26. The Morgan fingerprint density at radius 3 is 2.58 bits per heavy atom. The van der Waals surface area contributed by atoms with Crippen LogP contribution in [0.3, 0.4) is 0 Å². The highest BCUT2D eigenvalue weighted by atomic mass is 16.5. The summed E-state index contributed by atoms with van der Waals surface area (Å²) < 4.78 is 4.95. The van der Waals surface area contributed by atoms with E-state index in [-0.39, 0.29) is 0 Å². The van der Waals surface area contributed by atoms with Crippen LogP contribution in [0.4, 0.5) is 0 Å². The summed E-state index contributed by atoms with van der Waals surface area (Å²) in [7, 11) is 1.74. The largest absolute Gasteiger partial charge is 0.383 e. The average molecular weight is 173 g/mol. The molecule has 0 radical (unpaired) electrons. The highest BCUT2D eigenvalue weighted by molar-refractivity contribution is 4.59. The molecule has 0 aliphatic heterocycles. The molecular weight excluding hydrogens is 150 g/mol. The summed E-state index contributed by atoms with van der Waals surface area (Å²) in [6, 6.07) is 0. The molecule has 0 heterocycles. The van der Waals surface area contributed by atoms with Crippen LogP contribution in [-0.2, 0) is 4.74 Å². The van der Waals surface area contributed by atoms with Crippen LogP contribution < -0.4 is 5.32 Å². The van der Waals surface area contributed by atoms with Crippen molar-refractivity contribution in [2.45, 2.75) is 33.1 Å². The number of hydrogen-bond acceptors (Lipinski definition) is 2. The standard InChI is InChI=1S/C10H23NO/c1-4-6-10(5-2)9-11-7-8-12-3/h10-11H,4-9H2,1-3H3. The first-order valence-corrected chi connectivity index (χ1v) is 5.04. The van der Waals surface area contributed by atoms with Gasteiger partial charge < -0.3 is 10.1 Å². The molecule has 0 rings (SSSR count). The minimum absolute atomic E-state index is 0.822. The third-order valence-corrected chi connectivity index (χ3v) is 2.19. The lowest BCUT2D eigenvalue weighted by Gasteiger charge is -2.14. The van der Waals surface area contributed by atoms with Crippen molar-refractivity contribution < 1.29 is 4.74 Å². The highest BCUT2D eigenvalue weighted by Gasteiger charge is 2.02. The minimum atomic E-state index is 0.822. The van der Waals surface area contributed by atoms with Gasteiger partial charge in [-0.15, -0.1) is 0 Å². The number of ether oxygens (including phenoxy) is 1. The van der Waals surface area contributed by atoms with Crippen LogP contribution in [0.1, 0.15) is 33.1 Å². The van der Waals surface area contributed by atoms with Crippen LogP contribution in [0.2, 0.25) is 0 Å². The van der Waals surface area contributed by atoms with Crippen molar-refractivity contribution in [3.63, 3.8) is 0 Å². The molecule has 74 valence electrons. The third-order valence-electron chi connectivity index (χ3n) is 2.19. The van der Waals surface area contributed by atoms with Gasteiger partial charge in [0.15, 0.2) is 0 Å². The first-order chi connectivity index (χ1) is 5.85. The second-order valence-corrected chi connectivity index (χ2v) is 3.26. The van der Waals surface area contributed by atoms with E-state index in [9.17, 15) is 0 Å². The molecule has 12 heavy (non-hydrogen) atoms. The molecule has 2 heteroatoms. The van der Waals surface area contributed by atoms with E-state index >= 15 is 0 Å². The van der Waals surface area contributed by atoms with Crippen LogP contribution in [0, 0.1) is 5.92 Å². The minimum Gasteiger partial charge on any atom is -0.383 e. The zero-order valence-electron chi connectivity index (χ0n) is 8.73. The summed E-state index contributed by atoms with van der Waals surface area (Å²) in [5, 5.41) is 3.40. The Kier molecular flexibility index (Phi) is 8.95. The van der Waals surface area contributed by atoms with Crippen molar-refractivity contribution in [1.82, 2.24) is 5.32 Å². The quantitative estimate of drug-likeness (QED) is 0.567. The fourth-order valence-corrected chi connectivity index (χ4v) is 1.34. The molecule has 0 saturated heterocycles. The Balaban J connectivity index is 3.19. The van der Waals surface area contributed by atoms with Gasteiger partial charge in [0.1, 0.15) is 0 Å². The molecule has 0 aromatic carbocycles. The van der Waals surface area contributed by atoms with Crippen LogP contribution in [0.5, 0.6) is 0 Å². The molecule has 0 aliphatic rings. The van der Waals surface area contributed by atoms with Crippen molar-refractivity contribution in [1.29, 1.82) is 0 Å². The molecule has 0 bridgehead atoms. The van der Waals surface area contributed by atoms with Crippen LogP contribution >= 0.6 is 0 Å². The second kappa shape index (κ2) is 9.01. The van der Waals surface area contributed by atoms with Gasteiger partial charge in [-0.2, -0.15) is 0 Å². The Morgan fingerprint density at radius 2 is 2.08 bits per heavy atom. The molecular formula is C10H23NO. The van der Waals surface area contributed by atoms with Gasteiger partial charge >= 0.3 is 0 Å². The summed E-state index contributed by atoms with van der Waals surface area (Å²) in [4.78, 5) is 0. The highest BCUT2D eigenvalue weighted by Crippen LogP contribution is 2.08. The van der Waals surface area contributed by atoms with Gasteiger partial charge in [0.2, 0.25) is 0 Å². The molecule has 1 unspecified atom stereocenters. The van der Waals surface area contributed by atoms with E-state index < -0.39 is 0 Å². The summed E-state index contributed by atoms with van der Waals surface area (Å²) >= 11 is 0. The van der Waals surface area contributed by atoms with Crippen LogP contribution in [-0.4, -0.2) is 26.8 Å². The van der Waals surface area contributed by atoms with Gasteiger partial charge in [-0.1, -0.05) is 26.7 Å². The SMILES string of the molecule is CCCC(CC)CNCCOC. The van der Waals surface area contributed by atoms with E-state index in [0.717, 1.165) is 25.6 Å². The topological polar surface area (TPSA) is 21.3 Å². The Bertz CT molecular complexity index is 85.9. The fraction of sp³-hybridized carbons (Fsp3) is 1.00. The molecule has 0 amide bonds. The fourth-order valence-electron chi connectivity index (χ4n) is 1.34. The lowest BCUT2D eigenvalue weighted by atomic mass is 10.0. The van der Waals surface area contributed by atoms with Crippen LogP contribution in [0.25, 0.3) is 0 Å². The maximum atomic E-state index is 4.95. The van der Waals surface area contributed by atoms with Gasteiger partial charge in [-0.05, 0) is 18.9 Å². The summed E-state index contributed by atoms with van der Waals surface area (Å²) in [6.45, 7) is 7.46. The van der Waals surface area contributed by atoms with Gasteiger partial charge in [0.05, 0.1) is 6.61 Å². The molecule has 0 aliphatic carbocycles. The van der Waals surface area contributed by atoms with Crippen LogP contribution in [0.15, 0.2) is 0 Å². The molecule has 2 nitrogen and oxygen atoms in total. The predicted octanol–water partition coefficient (Wildman–Crippen LogP) is 2.05. The lowest BCUT2D eigenvalue weighted by molar-refractivity contribution is 0.197. The normalized spacial score (nSPS) is 13.2. The first kappa shape index (κ1) is 11.9. The van der Waals surface area contributed by atoms with Gasteiger partial charge in [0.25, 0.3) is 0 Å². The molecule has 0 aromatic rings. The van der Waals surface area contributed by atoms with Gasteiger partial charge in [0, 0.05) is 13.7 Å². The Morgan fingerprint density at radius 1 is 1.33 bits per heavy atom. The molecule has 0 spiro atoms. The summed E-state index contributed by atoms with van der Waals surface area (Å²) in [6.07, 6.45) is 3.93. The maximum Gasteiger partial charge on any atom is 0.0587 e. The average Bonchev–Trinajstić information content (AvgIpc) is 2.10. The van der Waals surface area contributed by atoms with E-state index in [2.05, 4.69) is 19.2 Å². The number of methoxy groups -OCH3 is 1. The third kappa shape index (κ3) is 6.62. The van der Waals surface area contributed by atoms with Crippen molar-refractivity contribution >= 4 is 0 Å². The summed E-state index contributed by atoms with van der Waals surface area (Å²) in [5.41, 5.74) is 0. The number of nitrogens with one attached hydrogen (secondary N) is 1. The van der Waals surface area contributed by atoms with Crippen molar-refractivity contribution in [2.24, 2.45) is 5.92 Å². The van der Waals surface area contributed by atoms with Crippen molar-refractivity contribution in [3.05, 3.63) is 0 Å². The number of rotatable bonds is 8. The zero-order chi connectivity index (χ0) is 9.23. The molecule has 1 N–H and O–H groups in total. The van der Waals surface area contributed by atoms with Crippen molar-refractivity contribution in [2.75, 3.05) is 26.8 Å². The molecule has 1 atom stereocenters. The van der Waals surface area contributed by atoms with Gasteiger partial charge in [-0.25, -0.2) is 0 Å². The predicted molar refractivity (Wildman–Crippen MR) is 53.4 cm³/mol. The zero-order valence-corrected chi connectivity index (χ0v) is 8.73. The van der Waals surface area contributed by atoms with Crippen molar-refractivity contribution in [3.8, 4) is 0 Å². The maximum absolute atomic E-state index is 4.95. The lowest BCUT2D eigenvalue weighted by Crippen LogP contribution is -2.25. The van der Waals surface area contributed by atoms with E-state index in [4.69, 9.17) is 4.74 Å². The molecule has 0 aromatic heterocycles. The van der Waals surface area contributed by atoms with E-state index in [1.165, 1.54) is 19.3 Å². The molecule has 0 fully saturated rings. The van der Waals surface area contributed by atoms with Gasteiger partial charge in [-0.3, -0.25) is 0 Å². The van der Waals surface area contributed by atoms with E-state index in [1.807, 2.05) is 0 Å². The van der Waals surface area contributed by atoms with E-state index in [1.54, 1.807) is 7.11 Å². The first-order valence-electron chi connectivity index (χ1n) is 5.04. The Hall–Kier alpha value is -0.0800. The molecule has 0 saturated carbocycles. The Labute approximate surface area is 76.7 Å². The van der Waals surface area contributed by atoms with E-state index in [0.29, 0.717) is 0 Å². The monoisotopic (exact) mass is 173 g/mol.